The summed E-state index contributed by atoms with van der Waals surface area (Å²) in [6.07, 6.45) is -3.53. The zero-order valence-corrected chi connectivity index (χ0v) is 7.97. The molecule has 0 aliphatic carbocycles. The average molecular weight is 189 g/mol. The Bertz CT molecular complexity index is 206. The molecule has 0 aromatic rings. The molecule has 5 heteroatoms. The molecule has 0 aromatic heterocycles. The summed E-state index contributed by atoms with van der Waals surface area (Å²) in [6, 6.07) is 0. The van der Waals surface area contributed by atoms with Gasteiger partial charge >= 0.3 is 0 Å². The van der Waals surface area contributed by atoms with E-state index in [1.54, 1.807) is 21.0 Å². The summed E-state index contributed by atoms with van der Waals surface area (Å²) < 4.78 is 5.12. The number of carbonyl (C=O) groups is 1. The van der Waals surface area contributed by atoms with Crippen molar-refractivity contribution >= 4 is 5.91 Å². The minimum Gasteiger partial charge on any atom is -0.388 e. The Balaban J connectivity index is 2.68. The Kier molecular flexibility index (Phi) is 2.90. The maximum Gasteiger partial charge on any atom is 0.254 e. The zero-order valence-electron chi connectivity index (χ0n) is 7.97. The van der Waals surface area contributed by atoms with Crippen molar-refractivity contribution in [1.82, 2.24) is 4.90 Å². The number of nitrogens with zero attached hydrogens (tertiary/aromatic N) is 1. The first kappa shape index (κ1) is 10.4. The van der Waals surface area contributed by atoms with Gasteiger partial charge in [0.05, 0.1) is 6.10 Å². The van der Waals surface area contributed by atoms with E-state index in [0.717, 1.165) is 0 Å². The van der Waals surface area contributed by atoms with E-state index in [1.165, 1.54) is 4.90 Å². The van der Waals surface area contributed by atoms with Crippen LogP contribution in [0, 0.1) is 0 Å². The molecule has 1 rings (SSSR count). The Hall–Kier alpha value is -0.650. The lowest BCUT2D eigenvalue weighted by molar-refractivity contribution is -0.143. The maximum absolute atomic E-state index is 11.4. The predicted octanol–water partition coefficient (Wildman–Crippen LogP) is -1.42. The van der Waals surface area contributed by atoms with Gasteiger partial charge in [0.1, 0.15) is 12.2 Å². The molecule has 2 N–H and O–H groups in total. The van der Waals surface area contributed by atoms with Gasteiger partial charge in [-0.15, -0.1) is 0 Å². The quantitative estimate of drug-likeness (QED) is 0.531. The Labute approximate surface area is 76.9 Å². The summed E-state index contributed by atoms with van der Waals surface area (Å²) in [7, 11) is 3.15. The summed E-state index contributed by atoms with van der Waals surface area (Å²) in [4.78, 5) is 12.7. The highest BCUT2D eigenvalue weighted by Crippen LogP contribution is 2.21. The van der Waals surface area contributed by atoms with Crippen molar-refractivity contribution in [2.45, 2.75) is 31.3 Å². The number of ether oxygens (including phenoxy) is 1. The molecular weight excluding hydrogens is 174 g/mol. The summed E-state index contributed by atoms with van der Waals surface area (Å²) in [6.45, 7) is 1.62. The van der Waals surface area contributed by atoms with Crippen LogP contribution in [0.5, 0.6) is 0 Å². The largest absolute Gasteiger partial charge is 0.388 e. The van der Waals surface area contributed by atoms with Gasteiger partial charge in [-0.2, -0.15) is 0 Å². The molecule has 4 atom stereocenters. The fourth-order valence-electron chi connectivity index (χ4n) is 1.31. The average Bonchev–Trinajstić information content (AvgIpc) is 2.31. The van der Waals surface area contributed by atoms with E-state index in [-0.39, 0.29) is 5.91 Å². The highest BCUT2D eigenvalue weighted by Gasteiger charge is 2.44. The fourth-order valence-corrected chi connectivity index (χ4v) is 1.31. The minimum atomic E-state index is -1.12. The first-order chi connectivity index (χ1) is 5.95. The van der Waals surface area contributed by atoms with Crippen LogP contribution in [-0.4, -0.2) is 59.5 Å². The maximum atomic E-state index is 11.4. The molecule has 1 fully saturated rings. The lowest BCUT2D eigenvalue weighted by Gasteiger charge is -2.18. The molecule has 4 unspecified atom stereocenters. The lowest BCUT2D eigenvalue weighted by Crippen LogP contribution is -2.42. The third-order valence-corrected chi connectivity index (χ3v) is 2.19. The molecule has 1 heterocycles. The van der Waals surface area contributed by atoms with Crippen molar-refractivity contribution in [3.8, 4) is 0 Å². The van der Waals surface area contributed by atoms with Gasteiger partial charge in [-0.3, -0.25) is 4.79 Å². The molecule has 0 spiro atoms. The van der Waals surface area contributed by atoms with E-state index in [4.69, 9.17) is 4.74 Å². The SMILES string of the molecule is CC1OC(C(=O)N(C)C)C(O)C1O. The van der Waals surface area contributed by atoms with Crippen molar-refractivity contribution in [1.29, 1.82) is 0 Å². The van der Waals surface area contributed by atoms with Crippen molar-refractivity contribution in [3.05, 3.63) is 0 Å². The van der Waals surface area contributed by atoms with Crippen molar-refractivity contribution in [2.24, 2.45) is 0 Å². The third-order valence-electron chi connectivity index (χ3n) is 2.19. The fraction of sp³-hybridized carbons (Fsp3) is 0.875. The third kappa shape index (κ3) is 1.82. The van der Waals surface area contributed by atoms with Gasteiger partial charge in [-0.25, -0.2) is 0 Å². The normalized spacial score (nSPS) is 39.2. The van der Waals surface area contributed by atoms with Crippen molar-refractivity contribution in [3.63, 3.8) is 0 Å². The summed E-state index contributed by atoms with van der Waals surface area (Å²) in [5.41, 5.74) is 0. The highest BCUT2D eigenvalue weighted by molar-refractivity contribution is 5.81. The number of hydrogen-bond donors (Lipinski definition) is 2. The van der Waals surface area contributed by atoms with E-state index in [0.29, 0.717) is 0 Å². The lowest BCUT2D eigenvalue weighted by atomic mass is 10.1. The van der Waals surface area contributed by atoms with Gasteiger partial charge in [0, 0.05) is 14.1 Å². The predicted molar refractivity (Wildman–Crippen MR) is 45.0 cm³/mol. The van der Waals surface area contributed by atoms with Crippen LogP contribution in [0.2, 0.25) is 0 Å². The smallest absolute Gasteiger partial charge is 0.254 e. The first-order valence-corrected chi connectivity index (χ1v) is 4.18. The number of aliphatic hydroxyl groups excluding tert-OH is 2. The van der Waals surface area contributed by atoms with Crippen LogP contribution in [0.25, 0.3) is 0 Å². The molecular formula is C8H15NO4. The number of hydrogen-bond acceptors (Lipinski definition) is 4. The van der Waals surface area contributed by atoms with E-state index >= 15 is 0 Å². The minimum absolute atomic E-state index is 0.323. The molecule has 0 aromatic carbocycles. The number of carbonyl (C=O) groups excluding carboxylic acids is 1. The van der Waals surface area contributed by atoms with Crippen LogP contribution < -0.4 is 0 Å². The zero-order chi connectivity index (χ0) is 10.2. The van der Waals surface area contributed by atoms with Crippen LogP contribution in [0.3, 0.4) is 0 Å². The molecule has 5 nitrogen and oxygen atoms in total. The van der Waals surface area contributed by atoms with Crippen LogP contribution in [-0.2, 0) is 9.53 Å². The molecule has 13 heavy (non-hydrogen) atoms. The van der Waals surface area contributed by atoms with Gasteiger partial charge in [-0.1, -0.05) is 0 Å². The molecule has 76 valence electrons. The van der Waals surface area contributed by atoms with Crippen molar-refractivity contribution in [2.75, 3.05) is 14.1 Å². The molecule has 0 saturated carbocycles. The topological polar surface area (TPSA) is 70.0 Å². The molecule has 1 aliphatic rings. The van der Waals surface area contributed by atoms with E-state index in [2.05, 4.69) is 0 Å². The van der Waals surface area contributed by atoms with Gasteiger partial charge in [0.25, 0.3) is 5.91 Å². The van der Waals surface area contributed by atoms with Crippen LogP contribution >= 0.6 is 0 Å². The molecule has 1 aliphatic heterocycles. The standard InChI is InChI=1S/C8H15NO4/c1-4-5(10)6(11)7(13-4)8(12)9(2)3/h4-7,10-11H,1-3H3. The number of amides is 1. The van der Waals surface area contributed by atoms with Crippen LogP contribution in [0.4, 0.5) is 0 Å². The molecule has 1 saturated heterocycles. The second-order valence-electron chi connectivity index (χ2n) is 3.48. The second-order valence-corrected chi connectivity index (χ2v) is 3.48. The number of aliphatic hydroxyl groups is 2. The van der Waals surface area contributed by atoms with E-state index in [1.807, 2.05) is 0 Å². The van der Waals surface area contributed by atoms with Gasteiger partial charge in [-0.05, 0) is 6.92 Å². The first-order valence-electron chi connectivity index (χ1n) is 4.18. The Morgan fingerprint density at radius 1 is 1.31 bits per heavy atom. The highest BCUT2D eigenvalue weighted by atomic mass is 16.5. The summed E-state index contributed by atoms with van der Waals surface area (Å²) in [5.74, 6) is -0.323. The summed E-state index contributed by atoms with van der Waals surface area (Å²) in [5, 5.41) is 18.7. The Morgan fingerprint density at radius 3 is 2.15 bits per heavy atom. The summed E-state index contributed by atoms with van der Waals surface area (Å²) >= 11 is 0. The monoisotopic (exact) mass is 189 g/mol. The van der Waals surface area contributed by atoms with Crippen LogP contribution in [0.1, 0.15) is 6.92 Å². The van der Waals surface area contributed by atoms with Gasteiger partial charge < -0.3 is 19.8 Å². The van der Waals surface area contributed by atoms with Gasteiger partial charge in [0.2, 0.25) is 0 Å². The molecule has 1 amide bonds. The molecule has 0 radical (unpaired) electrons. The van der Waals surface area contributed by atoms with Gasteiger partial charge in [0.15, 0.2) is 6.10 Å². The van der Waals surface area contributed by atoms with E-state index < -0.39 is 24.4 Å². The number of likely N-dealkylation sites (N-methyl/N-ethyl adjacent to an activating group) is 1. The van der Waals surface area contributed by atoms with Crippen molar-refractivity contribution < 1.29 is 19.7 Å². The second kappa shape index (κ2) is 3.61. The van der Waals surface area contributed by atoms with Crippen LogP contribution in [0.15, 0.2) is 0 Å². The Morgan fingerprint density at radius 2 is 1.85 bits per heavy atom. The van der Waals surface area contributed by atoms with E-state index in [9.17, 15) is 15.0 Å². The number of rotatable bonds is 1. The molecule has 0 bridgehead atoms.